The van der Waals surface area contributed by atoms with Crippen LogP contribution in [-0.2, 0) is 14.4 Å². The summed E-state index contributed by atoms with van der Waals surface area (Å²) in [7, 11) is 0. The fourth-order valence-corrected chi connectivity index (χ4v) is 2.24. The van der Waals surface area contributed by atoms with Crippen LogP contribution >= 0.6 is 0 Å². The van der Waals surface area contributed by atoms with Crippen LogP contribution in [0.3, 0.4) is 0 Å². The molecule has 0 heterocycles. The first-order valence-corrected chi connectivity index (χ1v) is 9.36. The molecule has 25 heavy (non-hydrogen) atoms. The molecule has 0 aliphatic heterocycles. The van der Waals surface area contributed by atoms with Crippen molar-refractivity contribution in [3.05, 3.63) is 4.91 Å². The Morgan fingerprint density at radius 1 is 0.840 bits per heavy atom. The molecule has 2 N–H and O–H groups in total. The van der Waals surface area contributed by atoms with Crippen molar-refractivity contribution in [2.75, 3.05) is 0 Å². The molecule has 0 saturated carbocycles. The molecule has 0 radical (unpaired) electrons. The van der Waals surface area contributed by atoms with Crippen LogP contribution < -0.4 is 0 Å². The minimum Gasteiger partial charge on any atom is -0.481 e. The van der Waals surface area contributed by atoms with Gasteiger partial charge in [0, 0.05) is 12.8 Å². The molecule has 0 aliphatic carbocycles. The van der Waals surface area contributed by atoms with Crippen molar-refractivity contribution in [2.24, 2.45) is 5.34 Å². The Hall–Kier alpha value is -1.66. The van der Waals surface area contributed by atoms with E-state index in [1.54, 1.807) is 0 Å². The van der Waals surface area contributed by atoms with Gasteiger partial charge in [-0.3, -0.25) is 9.59 Å². The van der Waals surface area contributed by atoms with Crippen LogP contribution in [0.25, 0.3) is 0 Å². The second kappa shape index (κ2) is 20.4. The number of hydrogen-bond acceptors (Lipinski definition) is 5. The van der Waals surface area contributed by atoms with Gasteiger partial charge in [-0.25, -0.2) is 0 Å². The predicted octanol–water partition coefficient (Wildman–Crippen LogP) is 5.32. The summed E-state index contributed by atoms with van der Waals surface area (Å²) in [4.78, 5) is 34.4. The van der Waals surface area contributed by atoms with Gasteiger partial charge in [0.2, 0.25) is 0 Å². The Kier molecular flexibility index (Phi) is 20.9. The zero-order chi connectivity index (χ0) is 19.3. The minimum absolute atomic E-state index is 0.00986. The SMILES string of the molecule is CCCCCCC(C)ON=O.O=C(O)CCCCCCCCC(=O)O. The van der Waals surface area contributed by atoms with E-state index in [-0.39, 0.29) is 18.9 Å². The molecule has 1 atom stereocenters. The second-order valence-corrected chi connectivity index (χ2v) is 6.25. The van der Waals surface area contributed by atoms with E-state index in [4.69, 9.17) is 10.2 Å². The van der Waals surface area contributed by atoms with Gasteiger partial charge in [-0.2, -0.15) is 0 Å². The summed E-state index contributed by atoms with van der Waals surface area (Å²) in [6, 6.07) is 0. The summed E-state index contributed by atoms with van der Waals surface area (Å²) >= 11 is 0. The van der Waals surface area contributed by atoms with Crippen molar-refractivity contribution in [3.8, 4) is 0 Å². The zero-order valence-corrected chi connectivity index (χ0v) is 15.7. The van der Waals surface area contributed by atoms with Crippen molar-refractivity contribution >= 4 is 11.9 Å². The highest BCUT2D eigenvalue weighted by atomic mass is 16.7. The van der Waals surface area contributed by atoms with Gasteiger partial charge in [0.05, 0.1) is 0 Å². The van der Waals surface area contributed by atoms with Crippen molar-refractivity contribution in [3.63, 3.8) is 0 Å². The highest BCUT2D eigenvalue weighted by molar-refractivity contribution is 5.66. The number of carboxylic acids is 2. The van der Waals surface area contributed by atoms with E-state index in [1.807, 2.05) is 6.92 Å². The summed E-state index contributed by atoms with van der Waals surface area (Å²) in [5.41, 5.74) is 0. The van der Waals surface area contributed by atoms with Crippen LogP contribution in [0.5, 0.6) is 0 Å². The standard InChI is InChI=1S/C10H18O4.C8H17NO2/c11-9(12)7-5-3-1-2-4-6-8-10(13)14;1-3-4-5-6-7-8(2)11-9-10/h1-8H2,(H,11,12)(H,13,14);8H,3-7H2,1-2H3. The van der Waals surface area contributed by atoms with E-state index >= 15 is 0 Å². The first kappa shape index (κ1) is 25.6. The van der Waals surface area contributed by atoms with Crippen molar-refractivity contribution in [1.29, 1.82) is 0 Å². The molecule has 0 amide bonds. The maximum absolute atomic E-state index is 10.1. The number of nitrogens with zero attached hydrogens (tertiary/aromatic N) is 1. The molecule has 7 nitrogen and oxygen atoms in total. The monoisotopic (exact) mass is 361 g/mol. The molecule has 0 saturated heterocycles. The molecular weight excluding hydrogens is 326 g/mol. The summed E-state index contributed by atoms with van der Waals surface area (Å²) in [5, 5.41) is 19.1. The van der Waals surface area contributed by atoms with E-state index < -0.39 is 11.9 Å². The zero-order valence-electron chi connectivity index (χ0n) is 15.7. The van der Waals surface area contributed by atoms with E-state index in [1.165, 1.54) is 19.3 Å². The van der Waals surface area contributed by atoms with E-state index in [0.29, 0.717) is 0 Å². The third-order valence-electron chi connectivity index (χ3n) is 3.72. The van der Waals surface area contributed by atoms with E-state index in [9.17, 15) is 14.5 Å². The Balaban J connectivity index is 0. The Morgan fingerprint density at radius 2 is 1.28 bits per heavy atom. The molecule has 0 aromatic carbocycles. The molecule has 0 spiro atoms. The molecule has 0 rings (SSSR count). The number of aliphatic carboxylic acids is 2. The quantitative estimate of drug-likeness (QED) is 0.218. The van der Waals surface area contributed by atoms with E-state index in [0.717, 1.165) is 51.4 Å². The van der Waals surface area contributed by atoms with Crippen LogP contribution in [0, 0.1) is 4.91 Å². The first-order valence-electron chi connectivity index (χ1n) is 9.36. The van der Waals surface area contributed by atoms with Crippen LogP contribution in [0.2, 0.25) is 0 Å². The van der Waals surface area contributed by atoms with Gasteiger partial charge >= 0.3 is 11.9 Å². The molecule has 0 aromatic heterocycles. The molecule has 0 fully saturated rings. The van der Waals surface area contributed by atoms with Gasteiger partial charge in [0.25, 0.3) is 0 Å². The second-order valence-electron chi connectivity index (χ2n) is 6.25. The van der Waals surface area contributed by atoms with Crippen LogP contribution in [0.4, 0.5) is 0 Å². The summed E-state index contributed by atoms with van der Waals surface area (Å²) < 4.78 is 0. The minimum atomic E-state index is -0.740. The topological polar surface area (TPSA) is 113 Å². The molecule has 1 unspecified atom stereocenters. The van der Waals surface area contributed by atoms with Gasteiger partial charge < -0.3 is 15.1 Å². The molecule has 148 valence electrons. The molecule has 7 heteroatoms. The average Bonchev–Trinajstić information content (AvgIpc) is 2.54. The fraction of sp³-hybridized carbons (Fsp3) is 0.889. The lowest BCUT2D eigenvalue weighted by Crippen LogP contribution is -2.02. The van der Waals surface area contributed by atoms with Gasteiger partial charge in [-0.05, 0) is 32.6 Å². The fourth-order valence-electron chi connectivity index (χ4n) is 2.24. The van der Waals surface area contributed by atoms with Gasteiger partial charge in [-0.15, -0.1) is 4.91 Å². The van der Waals surface area contributed by atoms with E-state index in [2.05, 4.69) is 17.1 Å². The first-order chi connectivity index (χ1) is 11.9. The molecule has 0 aromatic rings. The largest absolute Gasteiger partial charge is 0.481 e. The highest BCUT2D eigenvalue weighted by Crippen LogP contribution is 2.08. The summed E-state index contributed by atoms with van der Waals surface area (Å²) in [5.74, 6) is -1.48. The van der Waals surface area contributed by atoms with Crippen LogP contribution in [0.15, 0.2) is 5.34 Å². The maximum atomic E-state index is 10.1. The van der Waals surface area contributed by atoms with Gasteiger partial charge in [0.1, 0.15) is 6.10 Å². The van der Waals surface area contributed by atoms with Crippen molar-refractivity contribution in [2.45, 2.75) is 103 Å². The lowest BCUT2D eigenvalue weighted by Gasteiger charge is -2.05. The number of carbonyl (C=O) groups is 2. The number of carboxylic acid groups (broad SMARTS) is 2. The Labute approximate surface area is 151 Å². The molecular formula is C18H35NO6. The van der Waals surface area contributed by atoms with Gasteiger partial charge in [-0.1, -0.05) is 51.9 Å². The molecule has 0 bridgehead atoms. The number of hydrogen-bond donors (Lipinski definition) is 2. The molecule has 0 aliphatic rings. The average molecular weight is 361 g/mol. The Morgan fingerprint density at radius 3 is 1.68 bits per heavy atom. The lowest BCUT2D eigenvalue weighted by molar-refractivity contribution is -0.138. The maximum Gasteiger partial charge on any atom is 0.303 e. The van der Waals surface area contributed by atoms with Crippen LogP contribution in [0.1, 0.15) is 97.3 Å². The number of unbranched alkanes of at least 4 members (excludes halogenated alkanes) is 8. The smallest absolute Gasteiger partial charge is 0.303 e. The lowest BCUT2D eigenvalue weighted by atomic mass is 10.1. The van der Waals surface area contributed by atoms with Gasteiger partial charge in [0.15, 0.2) is 5.34 Å². The van der Waals surface area contributed by atoms with Crippen molar-refractivity contribution < 1.29 is 24.6 Å². The normalized spacial score (nSPS) is 11.1. The summed E-state index contributed by atoms with van der Waals surface area (Å²) in [6.45, 7) is 4.04. The van der Waals surface area contributed by atoms with Crippen LogP contribution in [-0.4, -0.2) is 28.3 Å². The third kappa shape index (κ3) is 27.5. The number of rotatable bonds is 16. The summed E-state index contributed by atoms with van der Waals surface area (Å²) in [6.07, 6.45) is 11.6. The third-order valence-corrected chi connectivity index (χ3v) is 3.72. The Bertz CT molecular complexity index is 316. The van der Waals surface area contributed by atoms with Crippen molar-refractivity contribution in [1.82, 2.24) is 0 Å². The highest BCUT2D eigenvalue weighted by Gasteiger charge is 2.01. The predicted molar refractivity (Wildman–Crippen MR) is 97.3 cm³/mol.